The molecule has 1 aliphatic heterocycles. The standard InChI is InChI=1S/C17H29N3/c1-4-15-6-5-10-20(11-9-15)17-8-7-16(13-19-17)12-18-14(2)3/h7-8,13-15,18H,4-6,9-12H2,1-3H3. The summed E-state index contributed by atoms with van der Waals surface area (Å²) in [7, 11) is 0. The number of hydrogen-bond acceptors (Lipinski definition) is 3. The van der Waals surface area contributed by atoms with Gasteiger partial charge in [-0.05, 0) is 36.8 Å². The van der Waals surface area contributed by atoms with Crippen LogP contribution in [0.1, 0.15) is 52.0 Å². The SMILES string of the molecule is CCC1CCCN(c2ccc(CNC(C)C)cn2)CC1. The number of pyridine rings is 1. The summed E-state index contributed by atoms with van der Waals surface area (Å²) < 4.78 is 0. The van der Waals surface area contributed by atoms with Crippen LogP contribution in [0.5, 0.6) is 0 Å². The lowest BCUT2D eigenvalue weighted by Gasteiger charge is -2.22. The van der Waals surface area contributed by atoms with E-state index in [1.54, 1.807) is 0 Å². The van der Waals surface area contributed by atoms with Crippen molar-refractivity contribution in [2.75, 3.05) is 18.0 Å². The van der Waals surface area contributed by atoms with Crippen LogP contribution >= 0.6 is 0 Å². The van der Waals surface area contributed by atoms with E-state index >= 15 is 0 Å². The van der Waals surface area contributed by atoms with E-state index in [2.05, 4.69) is 48.1 Å². The third-order valence-electron chi connectivity index (χ3n) is 4.27. The molecule has 2 rings (SSSR count). The topological polar surface area (TPSA) is 28.2 Å². The van der Waals surface area contributed by atoms with Crippen LogP contribution in [0.2, 0.25) is 0 Å². The molecule has 0 amide bonds. The van der Waals surface area contributed by atoms with E-state index in [9.17, 15) is 0 Å². The molecule has 2 heterocycles. The number of hydrogen-bond donors (Lipinski definition) is 1. The van der Waals surface area contributed by atoms with Gasteiger partial charge in [-0.25, -0.2) is 4.98 Å². The molecule has 0 radical (unpaired) electrons. The minimum atomic E-state index is 0.520. The Labute approximate surface area is 123 Å². The molecule has 1 aromatic rings. The van der Waals surface area contributed by atoms with E-state index in [1.807, 2.05) is 6.20 Å². The van der Waals surface area contributed by atoms with Crippen LogP contribution in [0, 0.1) is 5.92 Å². The molecule has 0 aromatic carbocycles. The average Bonchev–Trinajstić information content (AvgIpc) is 2.71. The highest BCUT2D eigenvalue weighted by molar-refractivity contribution is 5.39. The fourth-order valence-electron chi connectivity index (χ4n) is 2.83. The number of rotatable bonds is 5. The molecule has 1 fully saturated rings. The van der Waals surface area contributed by atoms with Gasteiger partial charge < -0.3 is 10.2 Å². The zero-order chi connectivity index (χ0) is 14.4. The van der Waals surface area contributed by atoms with Gasteiger partial charge in [0.05, 0.1) is 0 Å². The van der Waals surface area contributed by atoms with Gasteiger partial charge in [0.25, 0.3) is 0 Å². The van der Waals surface area contributed by atoms with Gasteiger partial charge in [-0.2, -0.15) is 0 Å². The van der Waals surface area contributed by atoms with Crippen LogP contribution in [-0.2, 0) is 6.54 Å². The minimum Gasteiger partial charge on any atom is -0.357 e. The van der Waals surface area contributed by atoms with Gasteiger partial charge in [-0.15, -0.1) is 0 Å². The number of anilines is 1. The monoisotopic (exact) mass is 275 g/mol. The van der Waals surface area contributed by atoms with E-state index in [1.165, 1.54) is 31.2 Å². The Balaban J connectivity index is 1.92. The number of nitrogens with zero attached hydrogens (tertiary/aromatic N) is 2. The van der Waals surface area contributed by atoms with Crippen molar-refractivity contribution in [2.24, 2.45) is 5.92 Å². The molecule has 1 N–H and O–H groups in total. The van der Waals surface area contributed by atoms with E-state index in [0.717, 1.165) is 31.4 Å². The van der Waals surface area contributed by atoms with Crippen LogP contribution in [0.25, 0.3) is 0 Å². The Morgan fingerprint density at radius 1 is 1.30 bits per heavy atom. The van der Waals surface area contributed by atoms with Crippen LogP contribution < -0.4 is 10.2 Å². The summed E-state index contributed by atoms with van der Waals surface area (Å²) in [4.78, 5) is 7.11. The molecular formula is C17H29N3. The molecule has 1 aromatic heterocycles. The fraction of sp³-hybridized carbons (Fsp3) is 0.706. The first-order chi connectivity index (χ1) is 9.69. The van der Waals surface area contributed by atoms with Crippen molar-refractivity contribution in [3.8, 4) is 0 Å². The molecule has 1 aliphatic rings. The molecule has 0 aliphatic carbocycles. The summed E-state index contributed by atoms with van der Waals surface area (Å²) in [6.45, 7) is 9.88. The first-order valence-corrected chi connectivity index (χ1v) is 8.12. The smallest absolute Gasteiger partial charge is 0.128 e. The quantitative estimate of drug-likeness (QED) is 0.890. The summed E-state index contributed by atoms with van der Waals surface area (Å²) in [5.74, 6) is 2.06. The van der Waals surface area contributed by atoms with Crippen LogP contribution in [0.3, 0.4) is 0 Å². The van der Waals surface area contributed by atoms with Gasteiger partial charge in [0.1, 0.15) is 5.82 Å². The molecule has 0 saturated carbocycles. The zero-order valence-corrected chi connectivity index (χ0v) is 13.2. The van der Waals surface area contributed by atoms with Gasteiger partial charge >= 0.3 is 0 Å². The van der Waals surface area contributed by atoms with Crippen molar-refractivity contribution >= 4 is 5.82 Å². The Morgan fingerprint density at radius 3 is 2.80 bits per heavy atom. The summed E-state index contributed by atoms with van der Waals surface area (Å²) >= 11 is 0. The maximum Gasteiger partial charge on any atom is 0.128 e. The molecule has 3 heteroatoms. The van der Waals surface area contributed by atoms with E-state index in [-0.39, 0.29) is 0 Å². The number of aromatic nitrogens is 1. The van der Waals surface area contributed by atoms with Crippen molar-refractivity contribution in [3.05, 3.63) is 23.9 Å². The third-order valence-corrected chi connectivity index (χ3v) is 4.27. The summed E-state index contributed by atoms with van der Waals surface area (Å²) in [5.41, 5.74) is 1.27. The van der Waals surface area contributed by atoms with Gasteiger partial charge in [0.2, 0.25) is 0 Å². The van der Waals surface area contributed by atoms with Crippen molar-refractivity contribution in [3.63, 3.8) is 0 Å². The normalized spacial score (nSPS) is 20.2. The third kappa shape index (κ3) is 4.48. The first kappa shape index (κ1) is 15.3. The van der Waals surface area contributed by atoms with Gasteiger partial charge in [-0.3, -0.25) is 0 Å². The lowest BCUT2D eigenvalue weighted by Crippen LogP contribution is -2.25. The lowest BCUT2D eigenvalue weighted by molar-refractivity contribution is 0.459. The van der Waals surface area contributed by atoms with Crippen molar-refractivity contribution in [1.82, 2.24) is 10.3 Å². The van der Waals surface area contributed by atoms with Gasteiger partial charge in [0.15, 0.2) is 0 Å². The number of nitrogens with one attached hydrogen (secondary N) is 1. The largest absolute Gasteiger partial charge is 0.357 e. The minimum absolute atomic E-state index is 0.520. The van der Waals surface area contributed by atoms with E-state index in [0.29, 0.717) is 6.04 Å². The Kier molecular flexibility index (Phi) is 5.84. The second-order valence-electron chi connectivity index (χ2n) is 6.25. The van der Waals surface area contributed by atoms with E-state index in [4.69, 9.17) is 0 Å². The predicted molar refractivity (Wildman–Crippen MR) is 86.1 cm³/mol. The summed E-state index contributed by atoms with van der Waals surface area (Å²) in [6.07, 6.45) is 7.34. The molecule has 0 spiro atoms. The zero-order valence-electron chi connectivity index (χ0n) is 13.2. The van der Waals surface area contributed by atoms with Gasteiger partial charge in [0, 0.05) is 31.9 Å². The molecule has 0 bridgehead atoms. The fourth-order valence-corrected chi connectivity index (χ4v) is 2.83. The Bertz CT molecular complexity index is 386. The second kappa shape index (κ2) is 7.63. The highest BCUT2D eigenvalue weighted by atomic mass is 15.2. The van der Waals surface area contributed by atoms with Crippen LogP contribution in [0.4, 0.5) is 5.82 Å². The molecule has 1 atom stereocenters. The Morgan fingerprint density at radius 2 is 2.15 bits per heavy atom. The highest BCUT2D eigenvalue weighted by Gasteiger charge is 2.16. The second-order valence-corrected chi connectivity index (χ2v) is 6.25. The molecule has 1 saturated heterocycles. The summed E-state index contributed by atoms with van der Waals surface area (Å²) in [6, 6.07) is 4.91. The van der Waals surface area contributed by atoms with Gasteiger partial charge in [-0.1, -0.05) is 33.3 Å². The maximum absolute atomic E-state index is 4.66. The maximum atomic E-state index is 4.66. The lowest BCUT2D eigenvalue weighted by atomic mass is 9.98. The van der Waals surface area contributed by atoms with Crippen molar-refractivity contribution in [2.45, 2.75) is 59.0 Å². The average molecular weight is 275 g/mol. The molecule has 112 valence electrons. The van der Waals surface area contributed by atoms with Crippen molar-refractivity contribution < 1.29 is 0 Å². The first-order valence-electron chi connectivity index (χ1n) is 8.12. The van der Waals surface area contributed by atoms with Crippen LogP contribution in [0.15, 0.2) is 18.3 Å². The predicted octanol–water partition coefficient (Wildman–Crippen LogP) is 3.60. The van der Waals surface area contributed by atoms with Crippen LogP contribution in [-0.4, -0.2) is 24.1 Å². The molecule has 3 nitrogen and oxygen atoms in total. The van der Waals surface area contributed by atoms with E-state index < -0.39 is 0 Å². The van der Waals surface area contributed by atoms with Crippen molar-refractivity contribution in [1.29, 1.82) is 0 Å². The molecule has 20 heavy (non-hydrogen) atoms. The molecular weight excluding hydrogens is 246 g/mol. The Hall–Kier alpha value is -1.09. The molecule has 1 unspecified atom stereocenters. The summed E-state index contributed by atoms with van der Waals surface area (Å²) in [5, 5.41) is 3.43. The highest BCUT2D eigenvalue weighted by Crippen LogP contribution is 2.23.